The third kappa shape index (κ3) is 3.59. The third-order valence-corrected chi connectivity index (χ3v) is 4.04. The molecule has 0 saturated heterocycles. The van der Waals surface area contributed by atoms with Crippen LogP contribution in [0.2, 0.25) is 0 Å². The summed E-state index contributed by atoms with van der Waals surface area (Å²) >= 11 is 0. The average Bonchev–Trinajstić information content (AvgIpc) is 3.37. The number of pyridine rings is 2. The fourth-order valence-electron chi connectivity index (χ4n) is 2.52. The first kappa shape index (κ1) is 14.8. The van der Waals surface area contributed by atoms with Crippen LogP contribution in [0.25, 0.3) is 11.5 Å². The third-order valence-electron chi connectivity index (χ3n) is 4.04. The molecule has 0 amide bonds. The molecule has 3 heterocycles. The highest BCUT2D eigenvalue weighted by Crippen LogP contribution is 2.38. The zero-order valence-corrected chi connectivity index (χ0v) is 13.4. The van der Waals surface area contributed by atoms with Crippen molar-refractivity contribution < 1.29 is 4.52 Å². The van der Waals surface area contributed by atoms with E-state index in [0.717, 1.165) is 42.3 Å². The number of nitrogens with zero attached hydrogens (tertiary/aromatic N) is 4. The summed E-state index contributed by atoms with van der Waals surface area (Å²) in [6.07, 6.45) is 7.89. The smallest absolute Gasteiger partial charge is 0.259 e. The summed E-state index contributed by atoms with van der Waals surface area (Å²) in [5, 5.41) is 7.35. The molecule has 0 radical (unpaired) electrons. The van der Waals surface area contributed by atoms with Crippen LogP contribution in [0.5, 0.6) is 0 Å². The van der Waals surface area contributed by atoms with Gasteiger partial charge in [-0.25, -0.2) is 4.98 Å². The summed E-state index contributed by atoms with van der Waals surface area (Å²) in [6, 6.07) is 9.90. The van der Waals surface area contributed by atoms with Gasteiger partial charge in [0.25, 0.3) is 5.89 Å². The Labute approximate surface area is 140 Å². The predicted molar refractivity (Wildman–Crippen MR) is 90.6 cm³/mol. The molecule has 0 unspecified atom stereocenters. The van der Waals surface area contributed by atoms with E-state index >= 15 is 0 Å². The standard InChI is InChI=1S/C18H19N5O/c1-2-10-19-15(4-1)5-3-11-20-16-9-8-14(12-21-16)18-22-17(23-24-18)13-6-7-13/h1-2,4,8-10,12-13H,3,5-7,11H2,(H,20,21). The Morgan fingerprint density at radius 1 is 1.12 bits per heavy atom. The van der Waals surface area contributed by atoms with Crippen molar-refractivity contribution in [1.29, 1.82) is 0 Å². The van der Waals surface area contributed by atoms with Gasteiger partial charge in [0.2, 0.25) is 0 Å². The molecule has 0 bridgehead atoms. The number of aryl methyl sites for hydroxylation is 1. The van der Waals surface area contributed by atoms with E-state index in [1.54, 1.807) is 6.20 Å². The largest absolute Gasteiger partial charge is 0.370 e. The monoisotopic (exact) mass is 321 g/mol. The van der Waals surface area contributed by atoms with Gasteiger partial charge in [0.1, 0.15) is 5.82 Å². The molecule has 1 aliphatic carbocycles. The summed E-state index contributed by atoms with van der Waals surface area (Å²) in [5.74, 6) is 2.71. The van der Waals surface area contributed by atoms with Crippen LogP contribution >= 0.6 is 0 Å². The minimum Gasteiger partial charge on any atom is -0.370 e. The van der Waals surface area contributed by atoms with Crippen LogP contribution in [0.4, 0.5) is 5.82 Å². The lowest BCUT2D eigenvalue weighted by atomic mass is 10.2. The van der Waals surface area contributed by atoms with Gasteiger partial charge in [-0.3, -0.25) is 4.98 Å². The van der Waals surface area contributed by atoms with Crippen molar-refractivity contribution in [1.82, 2.24) is 20.1 Å². The Bertz CT molecular complexity index is 781. The lowest BCUT2D eigenvalue weighted by Crippen LogP contribution is -2.04. The van der Waals surface area contributed by atoms with Crippen LogP contribution in [-0.2, 0) is 6.42 Å². The summed E-state index contributed by atoms with van der Waals surface area (Å²) < 4.78 is 5.31. The molecule has 6 nitrogen and oxygen atoms in total. The van der Waals surface area contributed by atoms with Crippen molar-refractivity contribution >= 4 is 5.82 Å². The first-order valence-corrected chi connectivity index (χ1v) is 8.32. The Morgan fingerprint density at radius 3 is 2.83 bits per heavy atom. The first-order valence-electron chi connectivity index (χ1n) is 8.32. The van der Waals surface area contributed by atoms with Crippen LogP contribution in [0.1, 0.15) is 36.7 Å². The van der Waals surface area contributed by atoms with E-state index in [0.29, 0.717) is 11.8 Å². The van der Waals surface area contributed by atoms with Gasteiger partial charge in [-0.15, -0.1) is 0 Å². The number of nitrogens with one attached hydrogen (secondary N) is 1. The first-order chi connectivity index (χ1) is 11.9. The van der Waals surface area contributed by atoms with Crippen molar-refractivity contribution in [2.24, 2.45) is 0 Å². The molecule has 0 aliphatic heterocycles. The molecule has 24 heavy (non-hydrogen) atoms. The van der Waals surface area contributed by atoms with Crippen molar-refractivity contribution in [3.05, 3.63) is 54.2 Å². The zero-order chi connectivity index (χ0) is 16.2. The van der Waals surface area contributed by atoms with Gasteiger partial charge < -0.3 is 9.84 Å². The molecule has 0 spiro atoms. The number of hydrogen-bond acceptors (Lipinski definition) is 6. The number of hydrogen-bond donors (Lipinski definition) is 1. The van der Waals surface area contributed by atoms with E-state index < -0.39 is 0 Å². The lowest BCUT2D eigenvalue weighted by Gasteiger charge is -2.05. The number of aromatic nitrogens is 4. The quantitative estimate of drug-likeness (QED) is 0.672. The SMILES string of the molecule is c1ccc(CCCNc2ccc(-c3nc(C4CC4)no3)cn2)nc1. The van der Waals surface area contributed by atoms with E-state index in [1.807, 2.05) is 36.5 Å². The minimum absolute atomic E-state index is 0.496. The van der Waals surface area contributed by atoms with E-state index in [2.05, 4.69) is 25.4 Å². The Balaban J connectivity index is 1.29. The van der Waals surface area contributed by atoms with Crippen LogP contribution in [-0.4, -0.2) is 26.7 Å². The highest BCUT2D eigenvalue weighted by Gasteiger charge is 2.28. The van der Waals surface area contributed by atoms with E-state index in [1.165, 1.54) is 12.8 Å². The van der Waals surface area contributed by atoms with Crippen molar-refractivity contribution in [2.45, 2.75) is 31.6 Å². The lowest BCUT2D eigenvalue weighted by molar-refractivity contribution is 0.422. The molecule has 122 valence electrons. The van der Waals surface area contributed by atoms with Crippen LogP contribution < -0.4 is 5.32 Å². The Kier molecular flexibility index (Phi) is 4.18. The summed E-state index contributed by atoms with van der Waals surface area (Å²) in [7, 11) is 0. The van der Waals surface area contributed by atoms with Gasteiger partial charge in [0.15, 0.2) is 5.82 Å². The van der Waals surface area contributed by atoms with E-state index in [4.69, 9.17) is 4.52 Å². The predicted octanol–water partition coefficient (Wildman–Crippen LogP) is 3.45. The summed E-state index contributed by atoms with van der Waals surface area (Å²) in [6.45, 7) is 0.856. The molecular weight excluding hydrogens is 302 g/mol. The molecule has 1 N–H and O–H groups in total. The highest BCUT2D eigenvalue weighted by molar-refractivity contribution is 5.54. The maximum Gasteiger partial charge on any atom is 0.259 e. The zero-order valence-electron chi connectivity index (χ0n) is 13.4. The van der Waals surface area contributed by atoms with E-state index in [9.17, 15) is 0 Å². The number of anilines is 1. The molecule has 4 rings (SSSR count). The van der Waals surface area contributed by atoms with Gasteiger partial charge in [-0.2, -0.15) is 4.98 Å². The molecule has 0 atom stereocenters. The molecule has 1 fully saturated rings. The Hall–Kier alpha value is -2.76. The molecule has 3 aromatic rings. The fraction of sp³-hybridized carbons (Fsp3) is 0.333. The normalized spacial score (nSPS) is 13.8. The summed E-state index contributed by atoms with van der Waals surface area (Å²) in [4.78, 5) is 13.2. The second-order valence-corrected chi connectivity index (χ2v) is 6.02. The average molecular weight is 321 g/mol. The second kappa shape index (κ2) is 6.78. The second-order valence-electron chi connectivity index (χ2n) is 6.02. The van der Waals surface area contributed by atoms with Crippen molar-refractivity contribution in [3.63, 3.8) is 0 Å². The van der Waals surface area contributed by atoms with Crippen LogP contribution in [0, 0.1) is 0 Å². The highest BCUT2D eigenvalue weighted by atomic mass is 16.5. The Morgan fingerprint density at radius 2 is 2.08 bits per heavy atom. The van der Waals surface area contributed by atoms with Crippen LogP contribution in [0.3, 0.4) is 0 Å². The van der Waals surface area contributed by atoms with Crippen molar-refractivity contribution in [2.75, 3.05) is 11.9 Å². The van der Waals surface area contributed by atoms with Gasteiger partial charge in [-0.1, -0.05) is 11.2 Å². The minimum atomic E-state index is 0.496. The van der Waals surface area contributed by atoms with Crippen molar-refractivity contribution in [3.8, 4) is 11.5 Å². The summed E-state index contributed by atoms with van der Waals surface area (Å²) in [5.41, 5.74) is 1.97. The van der Waals surface area contributed by atoms with Gasteiger partial charge in [-0.05, 0) is 49.9 Å². The number of rotatable bonds is 7. The molecular formula is C18H19N5O. The van der Waals surface area contributed by atoms with Gasteiger partial charge >= 0.3 is 0 Å². The molecule has 0 aromatic carbocycles. The molecule has 6 heteroatoms. The topological polar surface area (TPSA) is 76.7 Å². The molecule has 3 aromatic heterocycles. The maximum atomic E-state index is 5.31. The molecule has 1 aliphatic rings. The van der Waals surface area contributed by atoms with Gasteiger partial charge in [0.05, 0.1) is 5.56 Å². The van der Waals surface area contributed by atoms with Crippen LogP contribution in [0.15, 0.2) is 47.2 Å². The molecule has 1 saturated carbocycles. The van der Waals surface area contributed by atoms with Gasteiger partial charge in [0, 0.05) is 30.6 Å². The maximum absolute atomic E-state index is 5.31. The van der Waals surface area contributed by atoms with E-state index in [-0.39, 0.29) is 0 Å². The fourth-order valence-corrected chi connectivity index (χ4v) is 2.52.